The molecule has 0 radical (unpaired) electrons. The predicted molar refractivity (Wildman–Crippen MR) is 56.8 cm³/mol. The zero-order valence-electron chi connectivity index (χ0n) is 8.58. The fourth-order valence-corrected chi connectivity index (χ4v) is 1.15. The fraction of sp³-hybridized carbons (Fsp3) is 0.222. The van der Waals surface area contributed by atoms with Crippen LogP contribution in [0.2, 0.25) is 0 Å². The van der Waals surface area contributed by atoms with Gasteiger partial charge in [-0.05, 0) is 19.1 Å². The van der Waals surface area contributed by atoms with E-state index in [0.717, 1.165) is 0 Å². The number of nitro benzene ring substituents is 1. The van der Waals surface area contributed by atoms with Crippen molar-refractivity contribution in [3.8, 4) is 5.75 Å². The summed E-state index contributed by atoms with van der Waals surface area (Å²) in [5.74, 6) is -0.0341. The van der Waals surface area contributed by atoms with Crippen LogP contribution in [0.15, 0.2) is 23.4 Å². The summed E-state index contributed by atoms with van der Waals surface area (Å²) >= 11 is 0. The minimum atomic E-state index is -0.584. The molecule has 1 aromatic carbocycles. The lowest BCUT2D eigenvalue weighted by atomic mass is 10.1. The Hall–Kier alpha value is -2.31. The van der Waals surface area contributed by atoms with Crippen LogP contribution in [-0.4, -0.2) is 22.6 Å². The van der Waals surface area contributed by atoms with Crippen LogP contribution in [0.1, 0.15) is 12.5 Å². The van der Waals surface area contributed by atoms with Crippen molar-refractivity contribution >= 4 is 11.5 Å². The van der Waals surface area contributed by atoms with Crippen molar-refractivity contribution < 1.29 is 14.9 Å². The van der Waals surface area contributed by atoms with Gasteiger partial charge in [0.1, 0.15) is 0 Å². The summed E-state index contributed by atoms with van der Waals surface area (Å²) in [6, 6.07) is 4.09. The maximum atomic E-state index is 10.7. The second-order valence-electron chi connectivity index (χ2n) is 2.86. The summed E-state index contributed by atoms with van der Waals surface area (Å²) in [5, 5.41) is 22.0. The van der Waals surface area contributed by atoms with Gasteiger partial charge in [-0.2, -0.15) is 0 Å². The molecule has 0 atom stereocenters. The lowest BCUT2D eigenvalue weighted by Gasteiger charge is -2.05. The average molecular weight is 225 g/mol. The highest BCUT2D eigenvalue weighted by Gasteiger charge is 2.16. The van der Waals surface area contributed by atoms with Gasteiger partial charge in [0, 0.05) is 11.6 Å². The highest BCUT2D eigenvalue weighted by atomic mass is 16.6. The topological polar surface area (TPSA) is 111 Å². The zero-order valence-corrected chi connectivity index (χ0v) is 8.58. The summed E-state index contributed by atoms with van der Waals surface area (Å²) in [4.78, 5) is 10.2. The first kappa shape index (κ1) is 11.8. The molecule has 0 aliphatic carbocycles. The number of hydrogen-bond acceptors (Lipinski definition) is 5. The number of amidine groups is 1. The van der Waals surface area contributed by atoms with Crippen LogP contribution in [0.5, 0.6) is 5.75 Å². The van der Waals surface area contributed by atoms with Crippen molar-refractivity contribution in [3.05, 3.63) is 33.9 Å². The molecule has 7 heteroatoms. The third-order valence-electron chi connectivity index (χ3n) is 1.86. The van der Waals surface area contributed by atoms with Crippen LogP contribution in [0.25, 0.3) is 0 Å². The molecule has 0 saturated carbocycles. The third-order valence-corrected chi connectivity index (χ3v) is 1.86. The number of rotatable bonds is 4. The molecule has 86 valence electrons. The Kier molecular flexibility index (Phi) is 3.65. The second-order valence-corrected chi connectivity index (χ2v) is 2.86. The van der Waals surface area contributed by atoms with Gasteiger partial charge < -0.3 is 15.7 Å². The Labute approximate surface area is 91.3 Å². The maximum absolute atomic E-state index is 10.7. The van der Waals surface area contributed by atoms with Crippen molar-refractivity contribution in [2.24, 2.45) is 10.9 Å². The number of ether oxygens (including phenoxy) is 1. The summed E-state index contributed by atoms with van der Waals surface area (Å²) in [6.45, 7) is 2.05. The SMILES string of the molecule is CCOc1ccc(C(N)=NO)cc1[N+](=O)[O-]. The van der Waals surface area contributed by atoms with Crippen molar-refractivity contribution in [1.29, 1.82) is 0 Å². The molecule has 3 N–H and O–H groups in total. The zero-order chi connectivity index (χ0) is 12.1. The monoisotopic (exact) mass is 225 g/mol. The molecule has 0 aliphatic rings. The van der Waals surface area contributed by atoms with Gasteiger partial charge in [-0.1, -0.05) is 5.16 Å². The van der Waals surface area contributed by atoms with E-state index in [2.05, 4.69) is 5.16 Å². The molecule has 0 amide bonds. The Bertz CT molecular complexity index is 431. The molecule has 0 fully saturated rings. The van der Waals surface area contributed by atoms with E-state index in [1.165, 1.54) is 18.2 Å². The molecular weight excluding hydrogens is 214 g/mol. The molecular formula is C9H11N3O4. The van der Waals surface area contributed by atoms with E-state index < -0.39 is 4.92 Å². The first-order valence-corrected chi connectivity index (χ1v) is 4.49. The molecule has 0 aromatic heterocycles. The molecule has 1 aromatic rings. The highest BCUT2D eigenvalue weighted by Crippen LogP contribution is 2.27. The van der Waals surface area contributed by atoms with Gasteiger partial charge in [0.2, 0.25) is 0 Å². The molecule has 1 rings (SSSR count). The first-order valence-electron chi connectivity index (χ1n) is 4.49. The van der Waals surface area contributed by atoms with Crippen LogP contribution < -0.4 is 10.5 Å². The lowest BCUT2D eigenvalue weighted by Crippen LogP contribution is -2.13. The van der Waals surface area contributed by atoms with E-state index in [1.54, 1.807) is 6.92 Å². The van der Waals surface area contributed by atoms with Crippen molar-refractivity contribution in [1.82, 2.24) is 0 Å². The summed E-state index contributed by atoms with van der Waals surface area (Å²) < 4.78 is 5.08. The van der Waals surface area contributed by atoms with Crippen LogP contribution in [0, 0.1) is 10.1 Å². The van der Waals surface area contributed by atoms with Gasteiger partial charge in [0.25, 0.3) is 0 Å². The lowest BCUT2D eigenvalue weighted by molar-refractivity contribution is -0.385. The predicted octanol–water partition coefficient (Wildman–Crippen LogP) is 1.09. The Morgan fingerprint density at radius 3 is 2.88 bits per heavy atom. The van der Waals surface area contributed by atoms with Crippen molar-refractivity contribution in [2.45, 2.75) is 6.92 Å². The van der Waals surface area contributed by atoms with E-state index >= 15 is 0 Å². The number of nitrogens with zero attached hydrogens (tertiary/aromatic N) is 2. The van der Waals surface area contributed by atoms with E-state index in [0.29, 0.717) is 6.61 Å². The maximum Gasteiger partial charge on any atom is 0.311 e. The van der Waals surface area contributed by atoms with Crippen LogP contribution in [0.3, 0.4) is 0 Å². The Morgan fingerprint density at radius 2 is 2.38 bits per heavy atom. The molecule has 16 heavy (non-hydrogen) atoms. The standard InChI is InChI=1S/C9H11N3O4/c1-2-16-8-4-3-6(9(10)11-13)5-7(8)12(14)15/h3-5,13H,2H2,1H3,(H2,10,11). The molecule has 0 aliphatic heterocycles. The van der Waals surface area contributed by atoms with Crippen LogP contribution in [0.4, 0.5) is 5.69 Å². The highest BCUT2D eigenvalue weighted by molar-refractivity contribution is 5.97. The molecule has 0 unspecified atom stereocenters. The minimum absolute atomic E-state index is 0.155. The average Bonchev–Trinajstić information content (AvgIpc) is 2.28. The number of nitrogens with two attached hydrogens (primary N) is 1. The smallest absolute Gasteiger partial charge is 0.311 e. The molecule has 0 saturated heterocycles. The van der Waals surface area contributed by atoms with Gasteiger partial charge in [-0.3, -0.25) is 10.1 Å². The molecule has 0 bridgehead atoms. The normalized spacial score (nSPS) is 11.2. The fourth-order valence-electron chi connectivity index (χ4n) is 1.15. The number of nitro groups is 1. The Morgan fingerprint density at radius 1 is 1.69 bits per heavy atom. The van der Waals surface area contributed by atoms with E-state index in [-0.39, 0.29) is 22.8 Å². The van der Waals surface area contributed by atoms with Crippen LogP contribution >= 0.6 is 0 Å². The van der Waals surface area contributed by atoms with Gasteiger partial charge in [-0.15, -0.1) is 0 Å². The summed E-state index contributed by atoms with van der Waals surface area (Å²) in [7, 11) is 0. The molecule has 7 nitrogen and oxygen atoms in total. The van der Waals surface area contributed by atoms with E-state index in [9.17, 15) is 10.1 Å². The number of benzene rings is 1. The van der Waals surface area contributed by atoms with Gasteiger partial charge >= 0.3 is 5.69 Å². The summed E-state index contributed by atoms with van der Waals surface area (Å²) in [6.07, 6.45) is 0. The number of oxime groups is 1. The third kappa shape index (κ3) is 2.38. The number of hydrogen-bond donors (Lipinski definition) is 2. The van der Waals surface area contributed by atoms with Crippen LogP contribution in [-0.2, 0) is 0 Å². The van der Waals surface area contributed by atoms with Crippen molar-refractivity contribution in [3.63, 3.8) is 0 Å². The molecule has 0 spiro atoms. The van der Waals surface area contributed by atoms with Gasteiger partial charge in [0.05, 0.1) is 11.5 Å². The first-order chi connectivity index (χ1) is 7.60. The minimum Gasteiger partial charge on any atom is -0.487 e. The van der Waals surface area contributed by atoms with Gasteiger partial charge in [0.15, 0.2) is 11.6 Å². The summed E-state index contributed by atoms with van der Waals surface area (Å²) in [5.41, 5.74) is 5.37. The quantitative estimate of drug-likeness (QED) is 0.262. The Balaban J connectivity index is 3.22. The van der Waals surface area contributed by atoms with Gasteiger partial charge in [-0.25, -0.2) is 0 Å². The second kappa shape index (κ2) is 4.96. The molecule has 0 heterocycles. The van der Waals surface area contributed by atoms with E-state index in [4.69, 9.17) is 15.7 Å². The van der Waals surface area contributed by atoms with E-state index in [1.807, 2.05) is 0 Å². The van der Waals surface area contributed by atoms with Crippen molar-refractivity contribution in [2.75, 3.05) is 6.61 Å². The largest absolute Gasteiger partial charge is 0.487 e.